The lowest BCUT2D eigenvalue weighted by Crippen LogP contribution is -2.13. The SMILES string of the molecule is C=C/C(F)=C(\C=C/C)C(N)c1cccc(OC)c1. The molecule has 0 aromatic heterocycles. The molecule has 96 valence electrons. The second-order valence-corrected chi connectivity index (χ2v) is 3.76. The predicted molar refractivity (Wildman–Crippen MR) is 73.1 cm³/mol. The van der Waals surface area contributed by atoms with Gasteiger partial charge in [0.05, 0.1) is 13.2 Å². The number of halogens is 1. The molecule has 1 atom stereocenters. The van der Waals surface area contributed by atoms with Gasteiger partial charge in [-0.25, -0.2) is 4.39 Å². The van der Waals surface area contributed by atoms with Crippen LogP contribution in [0.15, 0.2) is 60.5 Å². The lowest BCUT2D eigenvalue weighted by molar-refractivity contribution is 0.414. The van der Waals surface area contributed by atoms with E-state index in [4.69, 9.17) is 10.5 Å². The van der Waals surface area contributed by atoms with Gasteiger partial charge in [0.15, 0.2) is 0 Å². The number of hydrogen-bond acceptors (Lipinski definition) is 2. The van der Waals surface area contributed by atoms with Gasteiger partial charge in [-0.1, -0.05) is 30.9 Å². The van der Waals surface area contributed by atoms with E-state index >= 15 is 0 Å². The van der Waals surface area contributed by atoms with Crippen molar-refractivity contribution in [3.63, 3.8) is 0 Å². The Morgan fingerprint density at radius 1 is 1.50 bits per heavy atom. The van der Waals surface area contributed by atoms with Crippen molar-refractivity contribution in [3.05, 3.63) is 66.0 Å². The highest BCUT2D eigenvalue weighted by Gasteiger charge is 2.13. The fourth-order valence-corrected chi connectivity index (χ4v) is 1.64. The molecule has 0 spiro atoms. The third-order valence-corrected chi connectivity index (χ3v) is 2.59. The molecule has 0 amide bonds. The lowest BCUT2D eigenvalue weighted by Gasteiger charge is -2.15. The average Bonchev–Trinajstić information content (AvgIpc) is 2.43. The van der Waals surface area contributed by atoms with Crippen LogP contribution in [0, 0.1) is 0 Å². The van der Waals surface area contributed by atoms with Crippen molar-refractivity contribution < 1.29 is 9.13 Å². The van der Waals surface area contributed by atoms with Crippen LogP contribution in [0.3, 0.4) is 0 Å². The van der Waals surface area contributed by atoms with Gasteiger partial charge in [-0.3, -0.25) is 0 Å². The first-order chi connectivity index (χ1) is 8.63. The Kier molecular flexibility index (Phi) is 5.33. The molecule has 0 aliphatic heterocycles. The number of hydrogen-bond donors (Lipinski definition) is 1. The zero-order valence-electron chi connectivity index (χ0n) is 10.7. The number of ether oxygens (including phenoxy) is 1. The first-order valence-corrected chi connectivity index (χ1v) is 5.68. The number of nitrogens with two attached hydrogens (primary N) is 1. The first-order valence-electron chi connectivity index (χ1n) is 5.68. The summed E-state index contributed by atoms with van der Waals surface area (Å²) in [5, 5.41) is 0. The normalized spacial score (nSPS) is 14.2. The molecule has 0 aliphatic carbocycles. The highest BCUT2D eigenvalue weighted by Crippen LogP contribution is 2.26. The van der Waals surface area contributed by atoms with Crippen LogP contribution in [-0.2, 0) is 0 Å². The Bertz CT molecular complexity index is 477. The van der Waals surface area contributed by atoms with Gasteiger partial charge in [0.2, 0.25) is 0 Å². The standard InChI is InChI=1S/C15H18FNO/c1-4-7-13(14(16)5-2)15(17)11-8-6-9-12(10-11)18-3/h4-10,15H,2,17H2,1,3H3/b7-4-,14-13-. The summed E-state index contributed by atoms with van der Waals surface area (Å²) in [6.45, 7) is 5.24. The molecule has 2 N–H and O–H groups in total. The Balaban J connectivity index is 3.17. The molecule has 1 rings (SSSR count). The summed E-state index contributed by atoms with van der Waals surface area (Å²) >= 11 is 0. The number of benzene rings is 1. The Labute approximate surface area is 107 Å². The minimum Gasteiger partial charge on any atom is -0.497 e. The van der Waals surface area contributed by atoms with Gasteiger partial charge in [-0.05, 0) is 30.7 Å². The molecule has 18 heavy (non-hydrogen) atoms. The summed E-state index contributed by atoms with van der Waals surface area (Å²) in [5.41, 5.74) is 7.27. The fraction of sp³-hybridized carbons (Fsp3) is 0.200. The first kappa shape index (κ1) is 14.2. The van der Waals surface area contributed by atoms with Crippen LogP contribution >= 0.6 is 0 Å². The van der Waals surface area contributed by atoms with Crippen LogP contribution in [-0.4, -0.2) is 7.11 Å². The van der Waals surface area contributed by atoms with E-state index in [0.29, 0.717) is 11.3 Å². The van der Waals surface area contributed by atoms with Gasteiger partial charge in [0.25, 0.3) is 0 Å². The molecule has 1 unspecified atom stereocenters. The summed E-state index contributed by atoms with van der Waals surface area (Å²) < 4.78 is 18.8. The molecule has 1 aromatic rings. The molecule has 0 heterocycles. The molecule has 0 bridgehead atoms. The van der Waals surface area contributed by atoms with Crippen LogP contribution in [0.4, 0.5) is 4.39 Å². The van der Waals surface area contributed by atoms with Crippen LogP contribution < -0.4 is 10.5 Å². The maximum absolute atomic E-state index is 13.7. The van der Waals surface area contributed by atoms with Crippen molar-refractivity contribution in [2.45, 2.75) is 13.0 Å². The molecule has 1 aromatic carbocycles. The highest BCUT2D eigenvalue weighted by molar-refractivity contribution is 5.40. The minimum atomic E-state index is -0.547. The van der Waals surface area contributed by atoms with Crippen molar-refractivity contribution in [2.24, 2.45) is 5.73 Å². The smallest absolute Gasteiger partial charge is 0.127 e. The van der Waals surface area contributed by atoms with Crippen molar-refractivity contribution >= 4 is 0 Å². The summed E-state index contributed by atoms with van der Waals surface area (Å²) in [4.78, 5) is 0. The van der Waals surface area contributed by atoms with Crippen LogP contribution in [0.2, 0.25) is 0 Å². The Hall–Kier alpha value is -1.87. The van der Waals surface area contributed by atoms with E-state index in [1.54, 1.807) is 25.3 Å². The maximum Gasteiger partial charge on any atom is 0.127 e. The third-order valence-electron chi connectivity index (χ3n) is 2.59. The average molecular weight is 247 g/mol. The largest absolute Gasteiger partial charge is 0.497 e. The molecule has 0 aliphatic rings. The van der Waals surface area contributed by atoms with E-state index in [0.717, 1.165) is 11.6 Å². The molecule has 0 saturated heterocycles. The van der Waals surface area contributed by atoms with Gasteiger partial charge in [0, 0.05) is 5.57 Å². The molecular weight excluding hydrogens is 229 g/mol. The zero-order valence-corrected chi connectivity index (χ0v) is 10.7. The van der Waals surface area contributed by atoms with E-state index in [-0.39, 0.29) is 0 Å². The summed E-state index contributed by atoms with van der Waals surface area (Å²) in [6.07, 6.45) is 4.56. The minimum absolute atomic E-state index is 0.403. The zero-order chi connectivity index (χ0) is 13.5. The van der Waals surface area contributed by atoms with Crippen LogP contribution in [0.25, 0.3) is 0 Å². The quantitative estimate of drug-likeness (QED) is 0.805. The molecule has 0 fully saturated rings. The molecule has 0 radical (unpaired) electrons. The van der Waals surface area contributed by atoms with Crippen molar-refractivity contribution in [1.29, 1.82) is 0 Å². The topological polar surface area (TPSA) is 35.2 Å². The second-order valence-electron chi connectivity index (χ2n) is 3.76. The number of rotatable bonds is 5. The van der Waals surface area contributed by atoms with E-state index in [9.17, 15) is 4.39 Å². The number of methoxy groups -OCH3 is 1. The monoisotopic (exact) mass is 247 g/mol. The molecule has 2 nitrogen and oxygen atoms in total. The van der Waals surface area contributed by atoms with E-state index in [1.165, 1.54) is 0 Å². The third kappa shape index (κ3) is 3.31. The second kappa shape index (κ2) is 6.77. The lowest BCUT2D eigenvalue weighted by atomic mass is 9.98. The van der Waals surface area contributed by atoms with Gasteiger partial charge in [-0.15, -0.1) is 0 Å². The van der Waals surface area contributed by atoms with Crippen molar-refractivity contribution in [2.75, 3.05) is 7.11 Å². The van der Waals surface area contributed by atoms with Crippen LogP contribution in [0.5, 0.6) is 5.75 Å². The fourth-order valence-electron chi connectivity index (χ4n) is 1.64. The van der Waals surface area contributed by atoms with Gasteiger partial charge in [0.1, 0.15) is 11.6 Å². The van der Waals surface area contributed by atoms with Gasteiger partial charge >= 0.3 is 0 Å². The van der Waals surface area contributed by atoms with Crippen molar-refractivity contribution in [3.8, 4) is 5.75 Å². The van der Waals surface area contributed by atoms with E-state index < -0.39 is 11.9 Å². The highest BCUT2D eigenvalue weighted by atomic mass is 19.1. The Morgan fingerprint density at radius 3 is 2.78 bits per heavy atom. The maximum atomic E-state index is 13.7. The number of allylic oxidation sites excluding steroid dienone is 3. The van der Waals surface area contributed by atoms with Crippen LogP contribution in [0.1, 0.15) is 18.5 Å². The predicted octanol–water partition coefficient (Wildman–Crippen LogP) is 3.68. The van der Waals surface area contributed by atoms with E-state index in [1.807, 2.05) is 25.1 Å². The molecule has 3 heteroatoms. The summed E-state index contributed by atoms with van der Waals surface area (Å²) in [6, 6.07) is 6.73. The van der Waals surface area contributed by atoms with E-state index in [2.05, 4.69) is 6.58 Å². The Morgan fingerprint density at radius 2 is 2.22 bits per heavy atom. The van der Waals surface area contributed by atoms with Crippen molar-refractivity contribution in [1.82, 2.24) is 0 Å². The summed E-state index contributed by atoms with van der Waals surface area (Å²) in [7, 11) is 1.58. The molecule has 0 saturated carbocycles. The van der Waals surface area contributed by atoms with Gasteiger partial charge < -0.3 is 10.5 Å². The molecular formula is C15H18FNO. The van der Waals surface area contributed by atoms with Gasteiger partial charge in [-0.2, -0.15) is 0 Å². The summed E-state index contributed by atoms with van der Waals surface area (Å²) in [5.74, 6) is 0.283.